The van der Waals surface area contributed by atoms with Crippen LogP contribution in [-0.2, 0) is 0 Å². The van der Waals surface area contributed by atoms with Crippen molar-refractivity contribution in [1.29, 1.82) is 0 Å². The molecule has 88 valence electrons. The van der Waals surface area contributed by atoms with E-state index in [-0.39, 0.29) is 10.9 Å². The summed E-state index contributed by atoms with van der Waals surface area (Å²) >= 11 is 5.69. The second-order valence-electron chi connectivity index (χ2n) is 3.21. The van der Waals surface area contributed by atoms with Crippen LogP contribution in [0.25, 0.3) is 0 Å². The molecule has 5 heteroatoms. The lowest BCUT2D eigenvalue weighted by molar-refractivity contribution is 0.402. The van der Waals surface area contributed by atoms with Crippen LogP contribution >= 0.6 is 11.6 Å². The predicted octanol–water partition coefficient (Wildman–Crippen LogP) is 3.68. The first-order chi connectivity index (χ1) is 8.19. The molecule has 0 spiro atoms. The van der Waals surface area contributed by atoms with Crippen molar-refractivity contribution in [2.24, 2.45) is 0 Å². The molecule has 17 heavy (non-hydrogen) atoms. The number of hydrogen-bond acceptors (Lipinski definition) is 3. The first-order valence-corrected chi connectivity index (χ1v) is 5.20. The van der Waals surface area contributed by atoms with Crippen molar-refractivity contribution in [3.63, 3.8) is 0 Å². The molecule has 0 N–H and O–H groups in total. The number of methoxy groups -OCH3 is 1. The zero-order valence-electron chi connectivity index (χ0n) is 8.98. The van der Waals surface area contributed by atoms with Gasteiger partial charge < -0.3 is 9.47 Å². The van der Waals surface area contributed by atoms with Gasteiger partial charge in [-0.25, -0.2) is 9.37 Å². The lowest BCUT2D eigenvalue weighted by Crippen LogP contribution is -1.90. The predicted molar refractivity (Wildman–Crippen MR) is 62.3 cm³/mol. The van der Waals surface area contributed by atoms with Gasteiger partial charge in [0, 0.05) is 18.3 Å². The first-order valence-electron chi connectivity index (χ1n) is 4.82. The first kappa shape index (κ1) is 11.7. The molecule has 0 atom stereocenters. The Kier molecular flexibility index (Phi) is 3.44. The second-order valence-corrected chi connectivity index (χ2v) is 3.60. The minimum absolute atomic E-state index is 0.105. The van der Waals surface area contributed by atoms with Gasteiger partial charge in [-0.3, -0.25) is 0 Å². The standard InChI is InChI=1S/C12H9ClFNO2/c1-16-8-2-3-11(10(14)6-8)17-9-4-5-15-12(13)7-9/h2-7H,1H3. The molecule has 1 aromatic heterocycles. The van der Waals surface area contributed by atoms with Crippen LogP contribution < -0.4 is 9.47 Å². The van der Waals surface area contributed by atoms with E-state index >= 15 is 0 Å². The van der Waals surface area contributed by atoms with E-state index in [2.05, 4.69) is 4.98 Å². The third-order valence-corrected chi connectivity index (χ3v) is 2.27. The highest BCUT2D eigenvalue weighted by Crippen LogP contribution is 2.27. The smallest absolute Gasteiger partial charge is 0.169 e. The quantitative estimate of drug-likeness (QED) is 0.782. The fourth-order valence-corrected chi connectivity index (χ4v) is 1.43. The Hall–Kier alpha value is -1.81. The highest BCUT2D eigenvalue weighted by molar-refractivity contribution is 6.29. The minimum atomic E-state index is -0.503. The number of aromatic nitrogens is 1. The summed E-state index contributed by atoms with van der Waals surface area (Å²) in [5.74, 6) is 0.460. The van der Waals surface area contributed by atoms with Crippen LogP contribution in [0.15, 0.2) is 36.5 Å². The van der Waals surface area contributed by atoms with E-state index < -0.39 is 5.82 Å². The van der Waals surface area contributed by atoms with Gasteiger partial charge in [0.2, 0.25) is 0 Å². The Morgan fingerprint density at radius 1 is 1.18 bits per heavy atom. The molecule has 1 heterocycles. The maximum Gasteiger partial charge on any atom is 0.169 e. The second kappa shape index (κ2) is 5.01. The SMILES string of the molecule is COc1ccc(Oc2ccnc(Cl)c2)c(F)c1. The van der Waals surface area contributed by atoms with Gasteiger partial charge in [0.15, 0.2) is 11.6 Å². The van der Waals surface area contributed by atoms with Crippen molar-refractivity contribution >= 4 is 11.6 Å². The number of nitrogens with zero attached hydrogens (tertiary/aromatic N) is 1. The van der Waals surface area contributed by atoms with Crippen molar-refractivity contribution in [2.75, 3.05) is 7.11 Å². The molecule has 0 amide bonds. The Bertz CT molecular complexity index is 534. The molecular weight excluding hydrogens is 245 g/mol. The maximum absolute atomic E-state index is 13.6. The minimum Gasteiger partial charge on any atom is -0.497 e. The zero-order chi connectivity index (χ0) is 12.3. The van der Waals surface area contributed by atoms with Gasteiger partial charge in [-0.15, -0.1) is 0 Å². The number of halogens is 2. The average molecular weight is 254 g/mol. The summed E-state index contributed by atoms with van der Waals surface area (Å²) < 4.78 is 23.8. The summed E-state index contributed by atoms with van der Waals surface area (Å²) in [6.07, 6.45) is 1.49. The van der Waals surface area contributed by atoms with E-state index in [1.165, 1.54) is 31.5 Å². The third-order valence-electron chi connectivity index (χ3n) is 2.06. The molecule has 2 rings (SSSR count). The van der Waals surface area contributed by atoms with Crippen LogP contribution in [0.3, 0.4) is 0 Å². The Morgan fingerprint density at radius 2 is 2.00 bits per heavy atom. The van der Waals surface area contributed by atoms with Crippen molar-refractivity contribution in [2.45, 2.75) is 0 Å². The maximum atomic E-state index is 13.6. The molecule has 0 aliphatic carbocycles. The number of ether oxygens (including phenoxy) is 2. The van der Waals surface area contributed by atoms with E-state index in [0.717, 1.165) is 0 Å². The summed E-state index contributed by atoms with van der Waals surface area (Å²) in [4.78, 5) is 3.80. The molecule has 0 fully saturated rings. The molecule has 1 aromatic carbocycles. The monoisotopic (exact) mass is 253 g/mol. The molecule has 0 unspecified atom stereocenters. The van der Waals surface area contributed by atoms with E-state index in [1.54, 1.807) is 12.1 Å². The van der Waals surface area contributed by atoms with Gasteiger partial charge in [0.05, 0.1) is 7.11 Å². The molecule has 0 radical (unpaired) electrons. The van der Waals surface area contributed by atoms with E-state index in [1.807, 2.05) is 0 Å². The van der Waals surface area contributed by atoms with Gasteiger partial charge in [0.1, 0.15) is 16.7 Å². The van der Waals surface area contributed by atoms with Crippen molar-refractivity contribution in [1.82, 2.24) is 4.98 Å². The number of benzene rings is 1. The van der Waals surface area contributed by atoms with Crippen LogP contribution in [0.5, 0.6) is 17.2 Å². The summed E-state index contributed by atoms with van der Waals surface area (Å²) in [6.45, 7) is 0. The fraction of sp³-hybridized carbons (Fsp3) is 0.0833. The fourth-order valence-electron chi connectivity index (χ4n) is 1.27. The van der Waals surface area contributed by atoms with Gasteiger partial charge in [-0.1, -0.05) is 11.6 Å². The third kappa shape index (κ3) is 2.85. The molecule has 0 saturated carbocycles. The number of hydrogen-bond donors (Lipinski definition) is 0. The lowest BCUT2D eigenvalue weighted by Gasteiger charge is -2.07. The number of pyridine rings is 1. The van der Waals surface area contributed by atoms with Gasteiger partial charge in [0.25, 0.3) is 0 Å². The van der Waals surface area contributed by atoms with E-state index in [0.29, 0.717) is 11.5 Å². The van der Waals surface area contributed by atoms with Gasteiger partial charge in [-0.05, 0) is 18.2 Å². The Balaban J connectivity index is 2.24. The average Bonchev–Trinajstić information content (AvgIpc) is 2.32. The summed E-state index contributed by atoms with van der Waals surface area (Å²) in [7, 11) is 1.47. The lowest BCUT2D eigenvalue weighted by atomic mass is 10.3. The Labute approximate surface area is 103 Å². The van der Waals surface area contributed by atoms with Crippen LogP contribution in [-0.4, -0.2) is 12.1 Å². The zero-order valence-corrected chi connectivity index (χ0v) is 9.74. The van der Waals surface area contributed by atoms with E-state index in [4.69, 9.17) is 21.1 Å². The van der Waals surface area contributed by atoms with Crippen LogP contribution in [0.2, 0.25) is 5.15 Å². The molecule has 0 saturated heterocycles. The van der Waals surface area contributed by atoms with Crippen molar-refractivity contribution in [3.8, 4) is 17.2 Å². The topological polar surface area (TPSA) is 31.4 Å². The van der Waals surface area contributed by atoms with Crippen molar-refractivity contribution in [3.05, 3.63) is 47.5 Å². The van der Waals surface area contributed by atoms with Gasteiger partial charge in [-0.2, -0.15) is 0 Å². The Morgan fingerprint density at radius 3 is 2.65 bits per heavy atom. The molecule has 0 bridgehead atoms. The summed E-state index contributed by atoms with van der Waals surface area (Å²) in [6, 6.07) is 7.45. The highest BCUT2D eigenvalue weighted by Gasteiger charge is 2.06. The van der Waals surface area contributed by atoms with Crippen LogP contribution in [0, 0.1) is 5.82 Å². The molecule has 0 aliphatic rings. The van der Waals surface area contributed by atoms with E-state index in [9.17, 15) is 4.39 Å². The molecule has 3 nitrogen and oxygen atoms in total. The normalized spacial score (nSPS) is 10.1. The highest BCUT2D eigenvalue weighted by atomic mass is 35.5. The van der Waals surface area contributed by atoms with Crippen LogP contribution in [0.4, 0.5) is 4.39 Å². The number of rotatable bonds is 3. The molecule has 0 aliphatic heterocycles. The van der Waals surface area contributed by atoms with Crippen molar-refractivity contribution < 1.29 is 13.9 Å². The van der Waals surface area contributed by atoms with Gasteiger partial charge >= 0.3 is 0 Å². The molecular formula is C12H9ClFNO2. The summed E-state index contributed by atoms with van der Waals surface area (Å²) in [5.41, 5.74) is 0. The largest absolute Gasteiger partial charge is 0.497 e. The molecule has 2 aromatic rings. The van der Waals surface area contributed by atoms with Crippen LogP contribution in [0.1, 0.15) is 0 Å². The summed E-state index contributed by atoms with van der Waals surface area (Å²) in [5, 5.41) is 0.288.